The van der Waals surface area contributed by atoms with E-state index >= 15 is 0 Å². The van der Waals surface area contributed by atoms with E-state index in [0.717, 1.165) is 5.69 Å². The van der Waals surface area contributed by atoms with Gasteiger partial charge in [0.15, 0.2) is 6.61 Å². The van der Waals surface area contributed by atoms with Crippen LogP contribution in [0.25, 0.3) is 5.69 Å². The summed E-state index contributed by atoms with van der Waals surface area (Å²) in [6.45, 7) is 3.84. The molecule has 0 saturated heterocycles. The number of carbonyl (C=O) groups excluding carboxylic acids is 1. The maximum absolute atomic E-state index is 12.1. The van der Waals surface area contributed by atoms with Gasteiger partial charge in [0.25, 0.3) is 5.91 Å². The number of rotatable bonds is 6. The molecule has 0 aliphatic rings. The van der Waals surface area contributed by atoms with Crippen LogP contribution in [0, 0.1) is 0 Å². The second kappa shape index (κ2) is 7.52. The summed E-state index contributed by atoms with van der Waals surface area (Å²) in [5.74, 6) is 0.720. The Hall–Kier alpha value is -2.61. The van der Waals surface area contributed by atoms with E-state index in [0.29, 0.717) is 16.2 Å². The number of carbonyl (C=O) groups is 1. The molecule has 1 aromatic carbocycles. The molecule has 0 unspecified atom stereocenters. The lowest BCUT2D eigenvalue weighted by Gasteiger charge is -2.11. The number of nitrogens with zero attached hydrogens (tertiary/aromatic N) is 4. The average molecular weight is 404 g/mol. The fraction of sp³-hybridized carbons (Fsp3) is 0.235. The highest BCUT2D eigenvalue weighted by Crippen LogP contribution is 2.24. The lowest BCUT2D eigenvalue weighted by Crippen LogP contribution is -2.22. The number of nitrogens with one attached hydrogen (secondary N) is 1. The normalized spacial score (nSPS) is 10.9. The minimum atomic E-state index is -0.274. The lowest BCUT2D eigenvalue weighted by atomic mass is 10.3. The third kappa shape index (κ3) is 4.08. The molecule has 1 amide bonds. The molecule has 0 aliphatic carbocycles. The van der Waals surface area contributed by atoms with E-state index in [1.165, 1.54) is 0 Å². The molecule has 0 bridgehead atoms. The molecule has 2 heterocycles. The zero-order chi connectivity index (χ0) is 17.8. The molecule has 0 aliphatic heterocycles. The van der Waals surface area contributed by atoms with E-state index in [2.05, 4.69) is 31.4 Å². The van der Waals surface area contributed by atoms with Crippen LogP contribution >= 0.6 is 15.9 Å². The molecule has 8 heteroatoms. The van der Waals surface area contributed by atoms with Crippen molar-refractivity contribution in [3.8, 4) is 11.6 Å². The lowest BCUT2D eigenvalue weighted by molar-refractivity contribution is -0.118. The van der Waals surface area contributed by atoms with E-state index in [-0.39, 0.29) is 18.6 Å². The van der Waals surface area contributed by atoms with E-state index in [4.69, 9.17) is 4.74 Å². The number of hydrogen-bond donors (Lipinski definition) is 1. The zero-order valence-corrected chi connectivity index (χ0v) is 15.5. The summed E-state index contributed by atoms with van der Waals surface area (Å²) in [6.07, 6.45) is 3.44. The third-order valence-electron chi connectivity index (χ3n) is 3.43. The van der Waals surface area contributed by atoms with Crippen molar-refractivity contribution in [2.24, 2.45) is 0 Å². The van der Waals surface area contributed by atoms with Crippen molar-refractivity contribution >= 4 is 27.7 Å². The number of para-hydroxylation sites is 1. The second-order valence-corrected chi connectivity index (χ2v) is 6.51. The molecular formula is C17H18BrN5O2. The highest BCUT2D eigenvalue weighted by atomic mass is 79.9. The molecular weight excluding hydrogens is 386 g/mol. The molecule has 0 atom stereocenters. The van der Waals surface area contributed by atoms with Crippen molar-refractivity contribution in [2.75, 3.05) is 11.9 Å². The minimum absolute atomic E-state index is 0.145. The van der Waals surface area contributed by atoms with Gasteiger partial charge in [-0.05, 0) is 41.9 Å². The molecule has 130 valence electrons. The smallest absolute Gasteiger partial charge is 0.263 e. The molecule has 1 N–H and O–H groups in total. The topological polar surface area (TPSA) is 74.0 Å². The Bertz CT molecular complexity index is 857. The van der Waals surface area contributed by atoms with Gasteiger partial charge in [-0.2, -0.15) is 5.10 Å². The largest absolute Gasteiger partial charge is 0.466 e. The van der Waals surface area contributed by atoms with Gasteiger partial charge in [-0.15, -0.1) is 5.10 Å². The Kier molecular flexibility index (Phi) is 5.18. The first-order chi connectivity index (χ1) is 12.0. The summed E-state index contributed by atoms with van der Waals surface area (Å²) in [5.41, 5.74) is 0.906. The van der Waals surface area contributed by atoms with Gasteiger partial charge in [0, 0.05) is 18.3 Å². The van der Waals surface area contributed by atoms with Crippen molar-refractivity contribution in [2.45, 2.75) is 19.9 Å². The van der Waals surface area contributed by atoms with E-state index < -0.39 is 0 Å². The SMILES string of the molecule is CC(C)n1nccc1NC(=O)COc1nn(-c2ccccc2)cc1Br. The molecule has 2 aromatic heterocycles. The first-order valence-corrected chi connectivity index (χ1v) is 8.60. The van der Waals surface area contributed by atoms with Gasteiger partial charge >= 0.3 is 0 Å². The van der Waals surface area contributed by atoms with Crippen LogP contribution < -0.4 is 10.1 Å². The minimum Gasteiger partial charge on any atom is -0.466 e. The van der Waals surface area contributed by atoms with Crippen molar-refractivity contribution < 1.29 is 9.53 Å². The molecule has 0 radical (unpaired) electrons. The zero-order valence-electron chi connectivity index (χ0n) is 13.9. The van der Waals surface area contributed by atoms with Crippen molar-refractivity contribution in [3.05, 3.63) is 53.3 Å². The van der Waals surface area contributed by atoms with Crippen LogP contribution in [0.5, 0.6) is 5.88 Å². The molecule has 0 fully saturated rings. The van der Waals surface area contributed by atoms with Gasteiger partial charge in [-0.25, -0.2) is 9.36 Å². The summed E-state index contributed by atoms with van der Waals surface area (Å²) < 4.78 is 9.63. The first kappa shape index (κ1) is 17.2. The summed E-state index contributed by atoms with van der Waals surface area (Å²) >= 11 is 3.40. The molecule has 25 heavy (non-hydrogen) atoms. The number of ether oxygens (including phenoxy) is 1. The number of hydrogen-bond acceptors (Lipinski definition) is 4. The Labute approximate surface area is 153 Å². The average Bonchev–Trinajstić information content (AvgIpc) is 3.20. The van der Waals surface area contributed by atoms with Crippen molar-refractivity contribution in [1.82, 2.24) is 19.6 Å². The van der Waals surface area contributed by atoms with Gasteiger partial charge in [0.05, 0.1) is 16.4 Å². The first-order valence-electron chi connectivity index (χ1n) is 7.81. The Morgan fingerprint density at radius 2 is 2.04 bits per heavy atom. The predicted octanol–water partition coefficient (Wildman–Crippen LogP) is 3.43. The van der Waals surface area contributed by atoms with Gasteiger partial charge in [-0.3, -0.25) is 4.79 Å². The quantitative estimate of drug-likeness (QED) is 0.683. The van der Waals surface area contributed by atoms with Crippen molar-refractivity contribution in [1.29, 1.82) is 0 Å². The summed E-state index contributed by atoms with van der Waals surface area (Å²) in [6, 6.07) is 11.6. The number of benzene rings is 1. The van der Waals surface area contributed by atoms with Crippen LogP contribution in [0.3, 0.4) is 0 Å². The second-order valence-electron chi connectivity index (χ2n) is 5.65. The molecule has 3 rings (SSSR count). The summed E-state index contributed by atoms with van der Waals surface area (Å²) in [4.78, 5) is 12.1. The fourth-order valence-electron chi connectivity index (χ4n) is 2.29. The van der Waals surface area contributed by atoms with E-state index in [9.17, 15) is 4.79 Å². The molecule has 3 aromatic rings. The number of anilines is 1. The van der Waals surface area contributed by atoms with Gasteiger partial charge in [0.1, 0.15) is 5.82 Å². The highest BCUT2D eigenvalue weighted by Gasteiger charge is 2.13. The van der Waals surface area contributed by atoms with Gasteiger partial charge in [-0.1, -0.05) is 18.2 Å². The Morgan fingerprint density at radius 3 is 2.76 bits per heavy atom. The fourth-order valence-corrected chi connectivity index (χ4v) is 2.67. The number of amides is 1. The maximum atomic E-state index is 12.1. The standard InChI is InChI=1S/C17H18BrN5O2/c1-12(2)23-15(8-9-19-23)20-16(24)11-25-17-14(18)10-22(21-17)13-6-4-3-5-7-13/h3-10,12H,11H2,1-2H3,(H,20,24). The van der Waals surface area contributed by atoms with Crippen molar-refractivity contribution in [3.63, 3.8) is 0 Å². The summed E-state index contributed by atoms with van der Waals surface area (Å²) in [5, 5.41) is 11.3. The van der Waals surface area contributed by atoms with Crippen LogP contribution in [-0.2, 0) is 4.79 Å². The number of halogens is 1. The molecule has 0 spiro atoms. The van der Waals surface area contributed by atoms with Crippen LogP contribution in [0.15, 0.2) is 53.3 Å². The Morgan fingerprint density at radius 1 is 1.28 bits per heavy atom. The van der Waals surface area contributed by atoms with Crippen LogP contribution in [0.4, 0.5) is 5.82 Å². The van der Waals surface area contributed by atoms with E-state index in [1.807, 2.05) is 44.2 Å². The van der Waals surface area contributed by atoms with E-state index in [1.54, 1.807) is 27.8 Å². The Balaban J connectivity index is 1.63. The highest BCUT2D eigenvalue weighted by molar-refractivity contribution is 9.10. The van der Waals surface area contributed by atoms with Crippen LogP contribution in [0.1, 0.15) is 19.9 Å². The molecule has 7 nitrogen and oxygen atoms in total. The summed E-state index contributed by atoms with van der Waals surface area (Å²) in [7, 11) is 0. The van der Waals surface area contributed by atoms with Gasteiger partial charge in [0.2, 0.25) is 5.88 Å². The molecule has 0 saturated carbocycles. The maximum Gasteiger partial charge on any atom is 0.263 e. The van der Waals surface area contributed by atoms with Crippen LogP contribution in [0.2, 0.25) is 0 Å². The van der Waals surface area contributed by atoms with Gasteiger partial charge < -0.3 is 10.1 Å². The van der Waals surface area contributed by atoms with Crippen LogP contribution in [-0.4, -0.2) is 32.1 Å². The third-order valence-corrected chi connectivity index (χ3v) is 3.97. The monoisotopic (exact) mass is 403 g/mol. The number of aromatic nitrogens is 4. The predicted molar refractivity (Wildman–Crippen MR) is 98.0 cm³/mol.